The molecular formula is C50H73Cl2N7O7. The van der Waals surface area contributed by atoms with Gasteiger partial charge in [-0.2, -0.15) is 0 Å². The second-order valence-corrected chi connectivity index (χ2v) is 17.6. The van der Waals surface area contributed by atoms with Gasteiger partial charge >= 0.3 is 5.97 Å². The van der Waals surface area contributed by atoms with E-state index in [9.17, 15) is 19.2 Å². The van der Waals surface area contributed by atoms with Gasteiger partial charge in [-0.3, -0.25) is 19.4 Å². The van der Waals surface area contributed by atoms with Gasteiger partial charge in [-0.1, -0.05) is 102 Å². The third-order valence-electron chi connectivity index (χ3n) is 10.8. The van der Waals surface area contributed by atoms with Crippen LogP contribution < -0.4 is 42.6 Å². The number of guanidine groups is 1. The van der Waals surface area contributed by atoms with Crippen LogP contribution in [0.3, 0.4) is 0 Å². The first-order valence-corrected chi connectivity index (χ1v) is 22.8. The standard InChI is InChI=1S/C50H71N7O7.2ClH/c1-32(2)24-28-62-42-22-20-35-14-7-9-16-37(35)45(42)46-38-17-10-8-15-36(38)21-23-43(46)64-31-44(58)55-39(18-11-12-26-51)47(59)56-40(19-13-27-54-50(52)53)48(60)57-41(30-34(5)6)49(61)63-29-25-33(3)4;;/h7-10,14-17,20-23,32-34,39-41H,11-13,18-19,24-31,51H2,1-6H3,(H,55,58)(H,56,59)(H,57,60)(H4,52,53,54);2*1H/t39-,40-,41+;;/m1../s1. The summed E-state index contributed by atoms with van der Waals surface area (Å²) in [6, 6.07) is 20.9. The van der Waals surface area contributed by atoms with Gasteiger partial charge in [0.15, 0.2) is 12.6 Å². The van der Waals surface area contributed by atoms with Gasteiger partial charge in [0, 0.05) is 17.7 Å². The zero-order chi connectivity index (χ0) is 46.6. The molecule has 0 fully saturated rings. The molecular weight excluding hydrogens is 881 g/mol. The minimum Gasteiger partial charge on any atom is -0.493 e. The van der Waals surface area contributed by atoms with Crippen LogP contribution in [-0.4, -0.2) is 80.7 Å². The highest BCUT2D eigenvalue weighted by atomic mass is 35.5. The summed E-state index contributed by atoms with van der Waals surface area (Å²) in [6.07, 6.45) is 3.79. The smallest absolute Gasteiger partial charge is 0.328 e. The van der Waals surface area contributed by atoms with Crippen LogP contribution in [0.5, 0.6) is 11.5 Å². The molecule has 0 unspecified atom stereocenters. The SMILES string of the molecule is CC(C)CCOC(=O)[C@H](CC(C)C)NC(=O)[C@@H](CCCN=C(N)N)NC(=O)[C@@H](CCCCN)NC(=O)COc1ccc2ccccc2c1-c1c(OCCC(C)C)ccc2ccccc12.Cl.Cl. The van der Waals surface area contributed by atoms with Crippen molar-refractivity contribution >= 4 is 76.0 Å². The minimum atomic E-state index is -1.08. The van der Waals surface area contributed by atoms with E-state index in [0.717, 1.165) is 39.1 Å². The molecule has 4 aromatic carbocycles. The second-order valence-electron chi connectivity index (χ2n) is 17.6. The van der Waals surface area contributed by atoms with E-state index >= 15 is 0 Å². The van der Waals surface area contributed by atoms with Crippen molar-refractivity contribution in [1.29, 1.82) is 0 Å². The molecule has 66 heavy (non-hydrogen) atoms. The van der Waals surface area contributed by atoms with Gasteiger partial charge in [0.25, 0.3) is 5.91 Å². The molecule has 14 nitrogen and oxygen atoms in total. The number of esters is 1. The van der Waals surface area contributed by atoms with E-state index < -0.39 is 48.4 Å². The topological polar surface area (TPSA) is 222 Å². The fourth-order valence-corrected chi connectivity index (χ4v) is 7.30. The minimum absolute atomic E-state index is 0. The normalized spacial score (nSPS) is 12.4. The molecule has 0 saturated carbocycles. The summed E-state index contributed by atoms with van der Waals surface area (Å²) < 4.78 is 18.4. The van der Waals surface area contributed by atoms with Crippen LogP contribution in [0, 0.1) is 17.8 Å². The molecule has 0 radical (unpaired) electrons. The van der Waals surface area contributed by atoms with Gasteiger partial charge in [-0.05, 0) is 109 Å². The number of amides is 3. The lowest BCUT2D eigenvalue weighted by Crippen LogP contribution is -2.56. The second kappa shape index (κ2) is 29.4. The Morgan fingerprint density at radius 3 is 1.65 bits per heavy atom. The number of hydrogen-bond donors (Lipinski definition) is 6. The molecule has 4 aromatic rings. The van der Waals surface area contributed by atoms with E-state index in [-0.39, 0.29) is 62.7 Å². The van der Waals surface area contributed by atoms with Gasteiger partial charge < -0.3 is 47.4 Å². The van der Waals surface area contributed by atoms with Crippen LogP contribution in [0.15, 0.2) is 77.8 Å². The Labute approximate surface area is 403 Å². The third kappa shape index (κ3) is 18.2. The van der Waals surface area contributed by atoms with E-state index in [1.54, 1.807) is 0 Å². The molecule has 16 heteroatoms. The Hall–Kier alpha value is -5.31. The van der Waals surface area contributed by atoms with Crippen LogP contribution in [0.4, 0.5) is 0 Å². The Morgan fingerprint density at radius 2 is 1.11 bits per heavy atom. The van der Waals surface area contributed by atoms with Gasteiger partial charge in [-0.25, -0.2) is 4.79 Å². The summed E-state index contributed by atoms with van der Waals surface area (Å²) in [5.41, 5.74) is 18.5. The van der Waals surface area contributed by atoms with Gasteiger partial charge in [0.05, 0.1) is 13.2 Å². The van der Waals surface area contributed by atoms with Crippen molar-refractivity contribution in [3.05, 3.63) is 72.8 Å². The lowest BCUT2D eigenvalue weighted by atomic mass is 9.92. The Kier molecular flexibility index (Phi) is 25.3. The predicted octanol–water partition coefficient (Wildman–Crippen LogP) is 7.58. The van der Waals surface area contributed by atoms with Crippen molar-refractivity contribution in [3.8, 4) is 22.6 Å². The van der Waals surface area contributed by atoms with E-state index in [2.05, 4.69) is 46.9 Å². The van der Waals surface area contributed by atoms with Crippen molar-refractivity contribution in [3.63, 3.8) is 0 Å². The third-order valence-corrected chi connectivity index (χ3v) is 10.8. The van der Waals surface area contributed by atoms with Crippen LogP contribution in [0.25, 0.3) is 32.7 Å². The number of nitrogens with zero attached hydrogens (tertiary/aromatic N) is 1. The summed E-state index contributed by atoms with van der Waals surface area (Å²) in [4.78, 5) is 59.1. The first kappa shape index (κ1) is 56.8. The molecule has 0 aliphatic carbocycles. The molecule has 4 rings (SSSR count). The van der Waals surface area contributed by atoms with E-state index in [1.807, 2.05) is 88.4 Å². The maximum absolute atomic E-state index is 14.1. The molecule has 0 bridgehead atoms. The van der Waals surface area contributed by atoms with E-state index in [4.69, 9.17) is 31.4 Å². The molecule has 3 atom stereocenters. The van der Waals surface area contributed by atoms with E-state index in [1.165, 1.54) is 0 Å². The molecule has 0 aromatic heterocycles. The maximum Gasteiger partial charge on any atom is 0.328 e. The number of carbonyl (C=O) groups excluding carboxylic acids is 4. The number of aliphatic imine (C=N–C) groups is 1. The zero-order valence-electron chi connectivity index (χ0n) is 39.4. The number of carbonyl (C=O) groups is 4. The van der Waals surface area contributed by atoms with Crippen molar-refractivity contribution in [2.24, 2.45) is 39.9 Å². The Morgan fingerprint density at radius 1 is 0.591 bits per heavy atom. The number of nitrogens with one attached hydrogen (secondary N) is 3. The first-order chi connectivity index (χ1) is 30.7. The van der Waals surface area contributed by atoms with Crippen molar-refractivity contribution < 1.29 is 33.4 Å². The lowest BCUT2D eigenvalue weighted by Gasteiger charge is -2.26. The fourth-order valence-electron chi connectivity index (χ4n) is 7.30. The van der Waals surface area contributed by atoms with Crippen molar-refractivity contribution in [2.75, 3.05) is 32.9 Å². The number of rotatable bonds is 27. The van der Waals surface area contributed by atoms with Crippen molar-refractivity contribution in [1.82, 2.24) is 16.0 Å². The summed E-state index contributed by atoms with van der Waals surface area (Å²) in [6.45, 7) is 13.2. The molecule has 0 saturated heterocycles. The average molecular weight is 955 g/mol. The number of halogens is 2. The summed E-state index contributed by atoms with van der Waals surface area (Å²) in [5, 5.41) is 12.5. The summed E-state index contributed by atoms with van der Waals surface area (Å²) in [5.74, 6) is -0.281. The molecule has 0 spiro atoms. The Balaban J connectivity index is 0.00000748. The fraction of sp³-hybridized carbons (Fsp3) is 0.500. The monoisotopic (exact) mass is 953 g/mol. The number of hydrogen-bond acceptors (Lipinski definition) is 9. The van der Waals surface area contributed by atoms with Crippen LogP contribution in [0.1, 0.15) is 92.9 Å². The predicted molar refractivity (Wildman–Crippen MR) is 270 cm³/mol. The highest BCUT2D eigenvalue weighted by Crippen LogP contribution is 2.45. The van der Waals surface area contributed by atoms with Crippen LogP contribution in [0.2, 0.25) is 0 Å². The zero-order valence-corrected chi connectivity index (χ0v) is 41.1. The molecule has 0 heterocycles. The summed E-state index contributed by atoms with van der Waals surface area (Å²) >= 11 is 0. The highest BCUT2D eigenvalue weighted by Gasteiger charge is 2.31. The quantitative estimate of drug-likeness (QED) is 0.0149. The lowest BCUT2D eigenvalue weighted by molar-refractivity contribution is -0.149. The molecule has 364 valence electrons. The molecule has 3 amide bonds. The van der Waals surface area contributed by atoms with Crippen LogP contribution in [-0.2, 0) is 23.9 Å². The highest BCUT2D eigenvalue weighted by molar-refractivity contribution is 6.10. The largest absolute Gasteiger partial charge is 0.493 e. The number of unbranched alkanes of at least 4 members (excludes halogenated alkanes) is 1. The van der Waals surface area contributed by atoms with Gasteiger partial charge in [0.1, 0.15) is 29.6 Å². The van der Waals surface area contributed by atoms with Gasteiger partial charge in [-0.15, -0.1) is 24.8 Å². The first-order valence-electron chi connectivity index (χ1n) is 22.8. The van der Waals surface area contributed by atoms with E-state index in [0.29, 0.717) is 68.6 Å². The van der Waals surface area contributed by atoms with Crippen LogP contribution >= 0.6 is 24.8 Å². The van der Waals surface area contributed by atoms with Crippen molar-refractivity contribution in [2.45, 2.75) is 111 Å². The molecule has 9 N–H and O–H groups in total. The Bertz CT molecular complexity index is 2180. The number of ether oxygens (including phenoxy) is 3. The number of nitrogens with two attached hydrogens (primary N) is 3. The molecule has 0 aliphatic heterocycles. The maximum atomic E-state index is 14.1. The van der Waals surface area contributed by atoms with Gasteiger partial charge in [0.2, 0.25) is 11.8 Å². The average Bonchev–Trinajstić information content (AvgIpc) is 3.25. The molecule has 0 aliphatic rings. The number of fused-ring (bicyclic) bond motifs is 2. The summed E-state index contributed by atoms with van der Waals surface area (Å²) in [7, 11) is 0. The number of benzene rings is 4.